The molecular weight excluding hydrogens is 406 g/mol. The van der Waals surface area contributed by atoms with Crippen molar-refractivity contribution < 1.29 is 19.1 Å². The molecule has 0 aliphatic carbocycles. The third kappa shape index (κ3) is 3.32. The molecule has 0 saturated carbocycles. The highest BCUT2D eigenvalue weighted by molar-refractivity contribution is 6.15. The van der Waals surface area contributed by atoms with E-state index in [0.29, 0.717) is 18.9 Å². The zero-order chi connectivity index (χ0) is 22.5. The van der Waals surface area contributed by atoms with Gasteiger partial charge in [0.15, 0.2) is 11.5 Å². The number of anilines is 2. The van der Waals surface area contributed by atoms with Crippen LogP contribution in [0.2, 0.25) is 0 Å². The molecule has 3 heterocycles. The molecule has 3 aliphatic heterocycles. The zero-order valence-corrected chi connectivity index (χ0v) is 18.8. The number of hydrogen-bond donors (Lipinski definition) is 1. The predicted molar refractivity (Wildman–Crippen MR) is 122 cm³/mol. The monoisotopic (exact) mass is 435 g/mol. The summed E-state index contributed by atoms with van der Waals surface area (Å²) < 4.78 is 11.4. The maximum Gasteiger partial charge on any atom is 0.250 e. The van der Waals surface area contributed by atoms with Crippen LogP contribution in [0.15, 0.2) is 42.5 Å². The molecule has 0 aromatic heterocycles. The smallest absolute Gasteiger partial charge is 0.250 e. The Kier molecular flexibility index (Phi) is 5.08. The number of fused-ring (bicyclic) bond motifs is 2. The lowest BCUT2D eigenvalue weighted by Gasteiger charge is -2.44. The largest absolute Gasteiger partial charge is 0.486 e. The summed E-state index contributed by atoms with van der Waals surface area (Å²) in [5, 5.41) is 2.93. The van der Waals surface area contributed by atoms with Gasteiger partial charge in [-0.1, -0.05) is 18.2 Å². The summed E-state index contributed by atoms with van der Waals surface area (Å²) in [6.45, 7) is 7.48. The van der Waals surface area contributed by atoms with Crippen molar-refractivity contribution in [3.05, 3.63) is 48.0 Å². The van der Waals surface area contributed by atoms with Crippen molar-refractivity contribution in [2.24, 2.45) is 0 Å². The number of hydrogen-bond acceptors (Lipinski definition) is 5. The van der Waals surface area contributed by atoms with Crippen LogP contribution < -0.4 is 19.7 Å². The molecule has 3 aliphatic rings. The normalized spacial score (nSPS) is 22.8. The van der Waals surface area contributed by atoms with Gasteiger partial charge in [0.2, 0.25) is 11.8 Å². The molecule has 2 aromatic carbocycles. The highest BCUT2D eigenvalue weighted by atomic mass is 16.6. The molecule has 2 unspecified atom stereocenters. The minimum absolute atomic E-state index is 0.0678. The van der Waals surface area contributed by atoms with Crippen LogP contribution >= 0.6 is 0 Å². The van der Waals surface area contributed by atoms with Crippen molar-refractivity contribution in [2.45, 2.75) is 51.2 Å². The lowest BCUT2D eigenvalue weighted by atomic mass is 9.94. The van der Waals surface area contributed by atoms with Gasteiger partial charge in [-0.05, 0) is 70.0 Å². The van der Waals surface area contributed by atoms with Gasteiger partial charge < -0.3 is 14.8 Å². The van der Waals surface area contributed by atoms with Crippen molar-refractivity contribution in [3.8, 4) is 11.5 Å². The number of amides is 2. The van der Waals surface area contributed by atoms with Crippen LogP contribution in [0.1, 0.15) is 45.2 Å². The molecule has 1 fully saturated rings. The van der Waals surface area contributed by atoms with E-state index in [1.807, 2.05) is 43.3 Å². The zero-order valence-electron chi connectivity index (χ0n) is 18.8. The molecule has 2 atom stereocenters. The number of benzene rings is 2. The van der Waals surface area contributed by atoms with E-state index in [0.717, 1.165) is 42.1 Å². The first-order chi connectivity index (χ1) is 15.4. The Bertz CT molecular complexity index is 1070. The topological polar surface area (TPSA) is 71.1 Å². The fourth-order valence-electron chi connectivity index (χ4n) is 5.05. The standard InChI is InChI=1S/C25H29N3O4/c1-16(23(29)28-20-8-5-4-7-18(20)26-24(30)25(28,2)3)27-12-6-9-19(27)17-10-11-21-22(15-17)32-14-13-31-21/h4-5,7-8,10-11,15-16,19H,6,9,12-14H2,1-3H3,(H,26,30). The first kappa shape index (κ1) is 20.8. The fourth-order valence-corrected chi connectivity index (χ4v) is 5.05. The summed E-state index contributed by atoms with van der Waals surface area (Å²) in [6, 6.07) is 13.3. The number of likely N-dealkylation sites (tertiary alicyclic amines) is 1. The molecule has 7 heteroatoms. The number of carbonyl (C=O) groups excluding carboxylic acids is 2. The summed E-state index contributed by atoms with van der Waals surface area (Å²) in [5.41, 5.74) is 1.56. The highest BCUT2D eigenvalue weighted by Crippen LogP contribution is 2.41. The number of ether oxygens (including phenoxy) is 2. The minimum atomic E-state index is -0.980. The van der Waals surface area contributed by atoms with Gasteiger partial charge in [0.25, 0.3) is 0 Å². The predicted octanol–water partition coefficient (Wildman–Crippen LogP) is 3.75. The first-order valence-corrected chi connectivity index (χ1v) is 11.3. The van der Waals surface area contributed by atoms with Crippen molar-refractivity contribution in [1.29, 1.82) is 0 Å². The van der Waals surface area contributed by atoms with Crippen LogP contribution in [0.3, 0.4) is 0 Å². The molecular formula is C25H29N3O4. The molecule has 0 spiro atoms. The lowest BCUT2D eigenvalue weighted by molar-refractivity contribution is -0.129. The Balaban J connectivity index is 1.45. The molecule has 5 rings (SSSR count). The van der Waals surface area contributed by atoms with Gasteiger partial charge >= 0.3 is 0 Å². The van der Waals surface area contributed by atoms with Crippen LogP contribution in [0, 0.1) is 0 Å². The summed E-state index contributed by atoms with van der Waals surface area (Å²) in [7, 11) is 0. The molecule has 7 nitrogen and oxygen atoms in total. The SMILES string of the molecule is CC(C(=O)N1c2ccccc2NC(=O)C1(C)C)N1CCCC1c1ccc2c(c1)OCCO2. The van der Waals surface area contributed by atoms with Gasteiger partial charge in [-0.3, -0.25) is 19.4 Å². The van der Waals surface area contributed by atoms with Gasteiger partial charge in [-0.25, -0.2) is 0 Å². The average molecular weight is 436 g/mol. The van der Waals surface area contributed by atoms with E-state index >= 15 is 0 Å². The summed E-state index contributed by atoms with van der Waals surface area (Å²) >= 11 is 0. The third-order valence-electron chi connectivity index (χ3n) is 6.83. The molecule has 1 N–H and O–H groups in total. The van der Waals surface area contributed by atoms with Crippen molar-refractivity contribution in [1.82, 2.24) is 4.90 Å². The quantitative estimate of drug-likeness (QED) is 0.795. The summed E-state index contributed by atoms with van der Waals surface area (Å²) in [4.78, 5) is 30.6. The average Bonchev–Trinajstić information content (AvgIpc) is 3.28. The number of rotatable bonds is 3. The van der Waals surface area contributed by atoms with E-state index < -0.39 is 5.54 Å². The minimum Gasteiger partial charge on any atom is -0.486 e. The van der Waals surface area contributed by atoms with Crippen LogP contribution in [-0.2, 0) is 9.59 Å². The van der Waals surface area contributed by atoms with E-state index in [1.54, 1.807) is 18.7 Å². The van der Waals surface area contributed by atoms with Crippen molar-refractivity contribution in [3.63, 3.8) is 0 Å². The van der Waals surface area contributed by atoms with E-state index in [1.165, 1.54) is 0 Å². The second-order valence-corrected chi connectivity index (χ2v) is 9.18. The van der Waals surface area contributed by atoms with Crippen LogP contribution in [0.25, 0.3) is 0 Å². The Morgan fingerprint density at radius 2 is 1.88 bits per heavy atom. The number of nitrogens with zero attached hydrogens (tertiary/aromatic N) is 2. The van der Waals surface area contributed by atoms with Crippen LogP contribution in [0.4, 0.5) is 11.4 Å². The number of carbonyl (C=O) groups is 2. The van der Waals surface area contributed by atoms with E-state index in [4.69, 9.17) is 9.47 Å². The maximum atomic E-state index is 13.9. The van der Waals surface area contributed by atoms with Gasteiger partial charge in [-0.2, -0.15) is 0 Å². The van der Waals surface area contributed by atoms with E-state index in [9.17, 15) is 9.59 Å². The second-order valence-electron chi connectivity index (χ2n) is 9.18. The fraction of sp³-hybridized carbons (Fsp3) is 0.440. The third-order valence-corrected chi connectivity index (χ3v) is 6.83. The molecule has 32 heavy (non-hydrogen) atoms. The Labute approximate surface area is 188 Å². The van der Waals surface area contributed by atoms with E-state index in [-0.39, 0.29) is 23.9 Å². The molecule has 2 amide bonds. The number of nitrogens with one attached hydrogen (secondary N) is 1. The molecule has 0 bridgehead atoms. The Morgan fingerprint density at radius 1 is 1.12 bits per heavy atom. The maximum absolute atomic E-state index is 13.9. The highest BCUT2D eigenvalue weighted by Gasteiger charge is 2.46. The summed E-state index contributed by atoms with van der Waals surface area (Å²) in [6.07, 6.45) is 1.98. The van der Waals surface area contributed by atoms with Gasteiger partial charge in [0, 0.05) is 6.04 Å². The van der Waals surface area contributed by atoms with Gasteiger partial charge in [0.1, 0.15) is 18.8 Å². The van der Waals surface area contributed by atoms with Gasteiger partial charge in [0.05, 0.1) is 17.4 Å². The lowest BCUT2D eigenvalue weighted by Crippen LogP contribution is -2.62. The number of para-hydroxylation sites is 2. The Morgan fingerprint density at radius 3 is 2.69 bits per heavy atom. The molecule has 0 radical (unpaired) electrons. The van der Waals surface area contributed by atoms with Crippen molar-refractivity contribution >= 4 is 23.2 Å². The molecule has 168 valence electrons. The Hall–Kier alpha value is -3.06. The molecule has 1 saturated heterocycles. The van der Waals surface area contributed by atoms with E-state index in [2.05, 4.69) is 16.3 Å². The van der Waals surface area contributed by atoms with Crippen molar-refractivity contribution in [2.75, 3.05) is 30.0 Å². The second kappa shape index (κ2) is 7.81. The van der Waals surface area contributed by atoms with Crippen LogP contribution in [-0.4, -0.2) is 48.1 Å². The van der Waals surface area contributed by atoms with Gasteiger partial charge in [-0.15, -0.1) is 0 Å². The van der Waals surface area contributed by atoms with Crippen LogP contribution in [0.5, 0.6) is 11.5 Å². The summed E-state index contributed by atoms with van der Waals surface area (Å²) in [5.74, 6) is 1.29. The molecule has 2 aromatic rings. The first-order valence-electron chi connectivity index (χ1n) is 11.3.